The number of imidazole rings is 1. The third kappa shape index (κ3) is 5.14. The van der Waals surface area contributed by atoms with Crippen LogP contribution in [0.25, 0.3) is 0 Å². The van der Waals surface area contributed by atoms with E-state index in [1.54, 1.807) is 49.5 Å². The van der Waals surface area contributed by atoms with Gasteiger partial charge in [0.1, 0.15) is 11.9 Å². The molecule has 1 aromatic heterocycles. The Morgan fingerprint density at radius 1 is 1.21 bits per heavy atom. The van der Waals surface area contributed by atoms with E-state index in [0.29, 0.717) is 22.1 Å². The van der Waals surface area contributed by atoms with Crippen molar-refractivity contribution in [2.24, 2.45) is 7.05 Å². The van der Waals surface area contributed by atoms with E-state index in [-0.39, 0.29) is 12.5 Å². The maximum absolute atomic E-state index is 12.9. The van der Waals surface area contributed by atoms with Crippen LogP contribution in [0.2, 0.25) is 5.02 Å². The monoisotopic (exact) mass is 412 g/mol. The minimum Gasteiger partial charge on any atom is -0.450 e. The lowest BCUT2D eigenvalue weighted by molar-refractivity contribution is 0.0941. The summed E-state index contributed by atoms with van der Waals surface area (Å²) in [6.45, 7) is 1.98. The normalized spacial score (nSPS) is 11.6. The quantitative estimate of drug-likeness (QED) is 0.636. The molecule has 0 radical (unpaired) electrons. The zero-order valence-corrected chi connectivity index (χ0v) is 16.8. The molecule has 2 amide bonds. The number of nitrogens with zero attached hydrogens (tertiary/aromatic N) is 2. The van der Waals surface area contributed by atoms with Gasteiger partial charge in [-0.25, -0.2) is 9.78 Å². The van der Waals surface area contributed by atoms with Gasteiger partial charge >= 0.3 is 6.09 Å². The Morgan fingerprint density at radius 2 is 1.97 bits per heavy atom. The van der Waals surface area contributed by atoms with Gasteiger partial charge in [-0.15, -0.1) is 0 Å². The van der Waals surface area contributed by atoms with Crippen LogP contribution in [-0.4, -0.2) is 28.2 Å². The predicted octanol–water partition coefficient (Wildman–Crippen LogP) is 4.16. The van der Waals surface area contributed by atoms with Crippen molar-refractivity contribution in [1.82, 2.24) is 14.9 Å². The molecule has 0 saturated carbocycles. The minimum atomic E-state index is -0.572. The molecule has 2 N–H and O–H groups in total. The molecule has 7 nitrogen and oxygen atoms in total. The van der Waals surface area contributed by atoms with Gasteiger partial charge in [-0.2, -0.15) is 0 Å². The molecule has 1 unspecified atom stereocenters. The topological polar surface area (TPSA) is 85.2 Å². The highest BCUT2D eigenvalue weighted by molar-refractivity contribution is 6.30. The van der Waals surface area contributed by atoms with Crippen LogP contribution in [-0.2, 0) is 11.8 Å². The molecule has 1 heterocycles. The second kappa shape index (κ2) is 9.25. The summed E-state index contributed by atoms with van der Waals surface area (Å²) in [5, 5.41) is 6.21. The fourth-order valence-corrected chi connectivity index (χ4v) is 2.97. The van der Waals surface area contributed by atoms with Crippen molar-refractivity contribution in [2.45, 2.75) is 13.0 Å². The molecule has 0 aliphatic carbocycles. The number of ether oxygens (including phenoxy) is 1. The Morgan fingerprint density at radius 3 is 2.62 bits per heavy atom. The third-order valence-electron chi connectivity index (χ3n) is 4.24. The Kier molecular flexibility index (Phi) is 6.51. The van der Waals surface area contributed by atoms with E-state index in [4.69, 9.17) is 16.3 Å². The van der Waals surface area contributed by atoms with Crippen LogP contribution in [0.4, 0.5) is 10.5 Å². The molecule has 1 atom stereocenters. The maximum atomic E-state index is 12.9. The standard InChI is InChI=1S/C21H21ClN4O3/c1-3-29-21(28)24-17-6-4-5-15(13-17)20(27)25-18(19-23-11-12-26(19)2)14-7-9-16(22)10-8-14/h4-13,18H,3H2,1-2H3,(H,24,28)(H,25,27). The number of carbonyl (C=O) groups excluding carboxylic acids is 2. The van der Waals surface area contributed by atoms with E-state index in [0.717, 1.165) is 5.56 Å². The summed E-state index contributed by atoms with van der Waals surface area (Å²) in [5.41, 5.74) is 1.71. The van der Waals surface area contributed by atoms with Crippen molar-refractivity contribution < 1.29 is 14.3 Å². The second-order valence-electron chi connectivity index (χ2n) is 6.28. The van der Waals surface area contributed by atoms with Crippen LogP contribution in [0.5, 0.6) is 0 Å². The highest BCUT2D eigenvalue weighted by Gasteiger charge is 2.21. The van der Waals surface area contributed by atoms with Gasteiger partial charge in [0, 0.05) is 35.7 Å². The molecule has 3 aromatic rings. The molecule has 0 fully saturated rings. The van der Waals surface area contributed by atoms with Gasteiger partial charge in [-0.3, -0.25) is 10.1 Å². The van der Waals surface area contributed by atoms with Crippen molar-refractivity contribution in [2.75, 3.05) is 11.9 Å². The molecule has 150 valence electrons. The van der Waals surface area contributed by atoms with E-state index in [1.807, 2.05) is 29.9 Å². The predicted molar refractivity (Wildman–Crippen MR) is 111 cm³/mol. The summed E-state index contributed by atoms with van der Waals surface area (Å²) in [6.07, 6.45) is 2.92. The first kappa shape index (κ1) is 20.4. The van der Waals surface area contributed by atoms with E-state index in [9.17, 15) is 9.59 Å². The first-order valence-electron chi connectivity index (χ1n) is 9.05. The SMILES string of the molecule is CCOC(=O)Nc1cccc(C(=O)NC(c2ccc(Cl)cc2)c2nccn2C)c1. The Hall–Kier alpha value is -3.32. The van der Waals surface area contributed by atoms with Gasteiger partial charge in [-0.1, -0.05) is 29.8 Å². The van der Waals surface area contributed by atoms with Gasteiger partial charge < -0.3 is 14.6 Å². The van der Waals surface area contributed by atoms with Crippen molar-refractivity contribution in [3.05, 3.63) is 82.9 Å². The summed E-state index contributed by atoms with van der Waals surface area (Å²) in [6, 6.07) is 13.4. The first-order valence-corrected chi connectivity index (χ1v) is 9.43. The van der Waals surface area contributed by atoms with E-state index >= 15 is 0 Å². The van der Waals surface area contributed by atoms with Crippen LogP contribution in [0.15, 0.2) is 60.9 Å². The minimum absolute atomic E-state index is 0.262. The summed E-state index contributed by atoms with van der Waals surface area (Å²) in [5.74, 6) is 0.377. The number of carbonyl (C=O) groups is 2. The number of nitrogens with one attached hydrogen (secondary N) is 2. The highest BCUT2D eigenvalue weighted by atomic mass is 35.5. The number of hydrogen-bond donors (Lipinski definition) is 2. The Bertz CT molecular complexity index is 1000. The molecule has 0 saturated heterocycles. The number of aryl methyl sites for hydroxylation is 1. The number of amides is 2. The molecule has 0 spiro atoms. The van der Waals surface area contributed by atoms with Crippen molar-refractivity contribution in [1.29, 1.82) is 0 Å². The number of benzene rings is 2. The summed E-state index contributed by atoms with van der Waals surface area (Å²) >= 11 is 6.00. The number of hydrogen-bond acceptors (Lipinski definition) is 4. The van der Waals surface area contributed by atoms with Gasteiger partial charge in [0.05, 0.1) is 6.61 Å². The van der Waals surface area contributed by atoms with Crippen LogP contribution in [0.3, 0.4) is 0 Å². The van der Waals surface area contributed by atoms with Gasteiger partial charge in [-0.05, 0) is 42.8 Å². The van der Waals surface area contributed by atoms with Gasteiger partial charge in [0.25, 0.3) is 5.91 Å². The largest absolute Gasteiger partial charge is 0.450 e. The van der Waals surface area contributed by atoms with Gasteiger partial charge in [0.2, 0.25) is 0 Å². The van der Waals surface area contributed by atoms with Gasteiger partial charge in [0.15, 0.2) is 0 Å². The molecule has 8 heteroatoms. The molecule has 2 aromatic carbocycles. The average Bonchev–Trinajstić information content (AvgIpc) is 3.13. The molecule has 3 rings (SSSR count). The lowest BCUT2D eigenvalue weighted by Gasteiger charge is -2.19. The zero-order chi connectivity index (χ0) is 20.8. The number of halogens is 1. The maximum Gasteiger partial charge on any atom is 0.411 e. The number of aromatic nitrogens is 2. The van der Waals surface area contributed by atoms with Crippen LogP contribution < -0.4 is 10.6 Å². The molecule has 0 aliphatic rings. The highest BCUT2D eigenvalue weighted by Crippen LogP contribution is 2.23. The molecule has 29 heavy (non-hydrogen) atoms. The lowest BCUT2D eigenvalue weighted by atomic mass is 10.1. The molecular formula is C21H21ClN4O3. The van der Waals surface area contributed by atoms with Crippen LogP contribution in [0.1, 0.15) is 34.7 Å². The molecular weight excluding hydrogens is 392 g/mol. The number of anilines is 1. The van der Waals surface area contributed by atoms with Crippen LogP contribution in [0, 0.1) is 0 Å². The van der Waals surface area contributed by atoms with Crippen LogP contribution >= 0.6 is 11.6 Å². The number of rotatable bonds is 6. The third-order valence-corrected chi connectivity index (χ3v) is 4.49. The fourth-order valence-electron chi connectivity index (χ4n) is 2.85. The van der Waals surface area contributed by atoms with Crippen molar-refractivity contribution >= 4 is 29.3 Å². The van der Waals surface area contributed by atoms with E-state index in [1.165, 1.54) is 0 Å². The second-order valence-corrected chi connectivity index (χ2v) is 6.72. The van der Waals surface area contributed by atoms with Crippen molar-refractivity contribution in [3.8, 4) is 0 Å². The zero-order valence-electron chi connectivity index (χ0n) is 16.1. The summed E-state index contributed by atoms with van der Waals surface area (Å²) < 4.78 is 6.71. The lowest BCUT2D eigenvalue weighted by Crippen LogP contribution is -2.31. The van der Waals surface area contributed by atoms with E-state index < -0.39 is 12.1 Å². The average molecular weight is 413 g/mol. The first-order chi connectivity index (χ1) is 14.0. The molecule has 0 aliphatic heterocycles. The molecule has 0 bridgehead atoms. The van der Waals surface area contributed by atoms with Crippen molar-refractivity contribution in [3.63, 3.8) is 0 Å². The smallest absolute Gasteiger partial charge is 0.411 e. The summed E-state index contributed by atoms with van der Waals surface area (Å²) in [7, 11) is 1.86. The Labute approximate surface area is 173 Å². The summed E-state index contributed by atoms with van der Waals surface area (Å²) in [4.78, 5) is 28.9. The fraction of sp³-hybridized carbons (Fsp3) is 0.190. The Balaban J connectivity index is 1.84. The van der Waals surface area contributed by atoms with E-state index in [2.05, 4.69) is 15.6 Å².